The number of benzene rings is 1. The van der Waals surface area contributed by atoms with Gasteiger partial charge in [-0.2, -0.15) is 5.26 Å². The Morgan fingerprint density at radius 3 is 2.63 bits per heavy atom. The monoisotopic (exact) mass is 258 g/mol. The summed E-state index contributed by atoms with van der Waals surface area (Å²) >= 11 is 0. The summed E-state index contributed by atoms with van der Waals surface area (Å²) in [5.74, 6) is 1.33. The van der Waals surface area contributed by atoms with Gasteiger partial charge in [0.2, 0.25) is 0 Å². The summed E-state index contributed by atoms with van der Waals surface area (Å²) in [7, 11) is 3.28. The zero-order valence-corrected chi connectivity index (χ0v) is 10.8. The second kappa shape index (κ2) is 5.31. The van der Waals surface area contributed by atoms with Gasteiger partial charge in [-0.25, -0.2) is 4.68 Å². The third-order valence-electron chi connectivity index (χ3n) is 2.71. The van der Waals surface area contributed by atoms with Crippen LogP contribution in [0.25, 0.3) is 0 Å². The van der Waals surface area contributed by atoms with E-state index in [1.54, 1.807) is 14.2 Å². The molecule has 0 aliphatic rings. The maximum Gasteiger partial charge on any atom is 0.253 e. The first kappa shape index (κ1) is 12.8. The van der Waals surface area contributed by atoms with E-state index in [0.717, 1.165) is 11.3 Å². The van der Waals surface area contributed by atoms with Gasteiger partial charge in [0.15, 0.2) is 5.56 Å². The summed E-state index contributed by atoms with van der Waals surface area (Å²) in [4.78, 5) is 0. The molecule has 2 aromatic rings. The van der Waals surface area contributed by atoms with E-state index in [0.29, 0.717) is 12.4 Å². The number of nitrogen functional groups attached to an aromatic ring is 1. The van der Waals surface area contributed by atoms with Gasteiger partial charge in [0.25, 0.3) is 5.88 Å². The summed E-state index contributed by atoms with van der Waals surface area (Å²) in [6.45, 7) is 0.315. The SMILES string of the molecule is COc1ccc(COc2nn(C)c(N)c2C#N)cc1. The summed E-state index contributed by atoms with van der Waals surface area (Å²) in [5, 5.41) is 13.1. The van der Waals surface area contributed by atoms with Gasteiger partial charge in [-0.05, 0) is 17.7 Å². The van der Waals surface area contributed by atoms with Crippen LogP contribution in [-0.2, 0) is 13.7 Å². The quantitative estimate of drug-likeness (QED) is 0.897. The van der Waals surface area contributed by atoms with Crippen molar-refractivity contribution in [2.24, 2.45) is 7.05 Å². The molecule has 1 aromatic carbocycles. The number of nitriles is 1. The highest BCUT2D eigenvalue weighted by Gasteiger charge is 2.14. The normalized spacial score (nSPS) is 9.95. The molecule has 98 valence electrons. The Morgan fingerprint density at radius 1 is 1.37 bits per heavy atom. The molecule has 2 rings (SSSR count). The molecule has 0 amide bonds. The van der Waals surface area contributed by atoms with Crippen LogP contribution in [0.5, 0.6) is 11.6 Å². The lowest BCUT2D eigenvalue weighted by Crippen LogP contribution is -1.98. The molecule has 0 bridgehead atoms. The first-order valence-corrected chi connectivity index (χ1v) is 5.64. The van der Waals surface area contributed by atoms with E-state index in [1.807, 2.05) is 30.3 Å². The van der Waals surface area contributed by atoms with Crippen LogP contribution < -0.4 is 15.2 Å². The fourth-order valence-corrected chi connectivity index (χ4v) is 1.59. The van der Waals surface area contributed by atoms with Crippen molar-refractivity contribution in [1.29, 1.82) is 5.26 Å². The number of nitrogens with two attached hydrogens (primary N) is 1. The Bertz CT molecular complexity index is 611. The number of ether oxygens (including phenoxy) is 2. The van der Waals surface area contributed by atoms with Gasteiger partial charge in [0.05, 0.1) is 7.11 Å². The Kier molecular flexibility index (Phi) is 3.57. The molecular formula is C13H14N4O2. The zero-order valence-electron chi connectivity index (χ0n) is 10.8. The van der Waals surface area contributed by atoms with E-state index in [2.05, 4.69) is 5.10 Å². The van der Waals surface area contributed by atoms with Crippen molar-refractivity contribution in [3.05, 3.63) is 35.4 Å². The Morgan fingerprint density at radius 2 is 2.05 bits per heavy atom. The number of rotatable bonds is 4. The average Bonchev–Trinajstić information content (AvgIpc) is 2.72. The summed E-state index contributed by atoms with van der Waals surface area (Å²) < 4.78 is 12.0. The van der Waals surface area contributed by atoms with Gasteiger partial charge >= 0.3 is 0 Å². The van der Waals surface area contributed by atoms with E-state index in [9.17, 15) is 0 Å². The zero-order chi connectivity index (χ0) is 13.8. The van der Waals surface area contributed by atoms with Crippen molar-refractivity contribution < 1.29 is 9.47 Å². The van der Waals surface area contributed by atoms with Crippen LogP contribution >= 0.6 is 0 Å². The third kappa shape index (κ3) is 2.60. The number of anilines is 1. The number of aromatic nitrogens is 2. The molecule has 0 saturated heterocycles. The molecule has 0 radical (unpaired) electrons. The molecule has 1 heterocycles. The molecule has 0 fully saturated rings. The first-order chi connectivity index (χ1) is 9.15. The van der Waals surface area contributed by atoms with Gasteiger partial charge in [0, 0.05) is 7.05 Å². The van der Waals surface area contributed by atoms with E-state index in [-0.39, 0.29) is 11.4 Å². The van der Waals surface area contributed by atoms with Crippen LogP contribution in [0.15, 0.2) is 24.3 Å². The number of hydrogen-bond donors (Lipinski definition) is 1. The van der Waals surface area contributed by atoms with Crippen molar-refractivity contribution in [2.75, 3.05) is 12.8 Å². The minimum absolute atomic E-state index is 0.248. The predicted molar refractivity (Wildman–Crippen MR) is 69.7 cm³/mol. The Labute approximate surface area is 111 Å². The Balaban J connectivity index is 2.10. The van der Waals surface area contributed by atoms with E-state index in [4.69, 9.17) is 20.5 Å². The van der Waals surface area contributed by atoms with Gasteiger partial charge in [0.1, 0.15) is 24.2 Å². The number of methoxy groups -OCH3 is 1. The number of nitrogens with zero attached hydrogens (tertiary/aromatic N) is 3. The lowest BCUT2D eigenvalue weighted by atomic mass is 10.2. The molecule has 6 heteroatoms. The summed E-state index contributed by atoms with van der Waals surface area (Å²) in [6.07, 6.45) is 0. The number of hydrogen-bond acceptors (Lipinski definition) is 5. The molecule has 0 aliphatic heterocycles. The van der Waals surface area contributed by atoms with E-state index in [1.165, 1.54) is 4.68 Å². The minimum atomic E-state index is 0.248. The molecule has 19 heavy (non-hydrogen) atoms. The topological polar surface area (TPSA) is 86.1 Å². The van der Waals surface area contributed by atoms with Gasteiger partial charge in [-0.3, -0.25) is 0 Å². The smallest absolute Gasteiger partial charge is 0.253 e. The van der Waals surface area contributed by atoms with Crippen molar-refractivity contribution in [2.45, 2.75) is 6.61 Å². The largest absolute Gasteiger partial charge is 0.497 e. The molecule has 2 N–H and O–H groups in total. The Hall–Kier alpha value is -2.68. The van der Waals surface area contributed by atoms with Crippen LogP contribution in [0, 0.1) is 11.3 Å². The lowest BCUT2D eigenvalue weighted by molar-refractivity contribution is 0.290. The fraction of sp³-hybridized carbons (Fsp3) is 0.231. The third-order valence-corrected chi connectivity index (χ3v) is 2.71. The molecular weight excluding hydrogens is 244 g/mol. The van der Waals surface area contributed by atoms with Crippen molar-refractivity contribution in [3.63, 3.8) is 0 Å². The molecule has 0 atom stereocenters. The van der Waals surface area contributed by atoms with Gasteiger partial charge < -0.3 is 15.2 Å². The second-order valence-electron chi connectivity index (χ2n) is 3.94. The highest BCUT2D eigenvalue weighted by Crippen LogP contribution is 2.22. The van der Waals surface area contributed by atoms with Gasteiger partial charge in [-0.1, -0.05) is 12.1 Å². The van der Waals surface area contributed by atoms with Crippen LogP contribution in [0.3, 0.4) is 0 Å². The van der Waals surface area contributed by atoms with Gasteiger partial charge in [-0.15, -0.1) is 5.10 Å². The average molecular weight is 258 g/mol. The standard InChI is InChI=1S/C13H14N4O2/c1-17-12(15)11(7-14)13(16-17)19-8-9-3-5-10(18-2)6-4-9/h3-6H,8,15H2,1-2H3. The fourth-order valence-electron chi connectivity index (χ4n) is 1.59. The molecule has 0 unspecified atom stereocenters. The molecule has 6 nitrogen and oxygen atoms in total. The second-order valence-corrected chi connectivity index (χ2v) is 3.94. The maximum absolute atomic E-state index is 9.00. The highest BCUT2D eigenvalue weighted by atomic mass is 16.5. The van der Waals surface area contributed by atoms with E-state index < -0.39 is 0 Å². The minimum Gasteiger partial charge on any atom is -0.497 e. The van der Waals surface area contributed by atoms with Crippen LogP contribution in [0.2, 0.25) is 0 Å². The predicted octanol–water partition coefficient (Wildman–Crippen LogP) is 1.46. The van der Waals surface area contributed by atoms with Crippen LogP contribution in [0.4, 0.5) is 5.82 Å². The summed E-state index contributed by atoms with van der Waals surface area (Å²) in [6, 6.07) is 9.45. The van der Waals surface area contributed by atoms with Crippen molar-refractivity contribution in [1.82, 2.24) is 9.78 Å². The molecule has 1 aromatic heterocycles. The number of aryl methyl sites for hydroxylation is 1. The highest BCUT2D eigenvalue weighted by molar-refractivity contribution is 5.54. The van der Waals surface area contributed by atoms with Crippen molar-refractivity contribution in [3.8, 4) is 17.7 Å². The molecule has 0 saturated carbocycles. The molecule has 0 aliphatic carbocycles. The van der Waals surface area contributed by atoms with Crippen LogP contribution in [-0.4, -0.2) is 16.9 Å². The summed E-state index contributed by atoms with van der Waals surface area (Å²) in [5.41, 5.74) is 6.92. The maximum atomic E-state index is 9.00. The first-order valence-electron chi connectivity index (χ1n) is 5.64. The molecule has 0 spiro atoms. The van der Waals surface area contributed by atoms with Crippen molar-refractivity contribution >= 4 is 5.82 Å². The lowest BCUT2D eigenvalue weighted by Gasteiger charge is -2.04. The van der Waals surface area contributed by atoms with Crippen LogP contribution in [0.1, 0.15) is 11.1 Å². The van der Waals surface area contributed by atoms with E-state index >= 15 is 0 Å².